The van der Waals surface area contributed by atoms with Crippen molar-refractivity contribution in [3.8, 4) is 62.0 Å². The van der Waals surface area contributed by atoms with Gasteiger partial charge in [-0.05, 0) is 70.6 Å². The second-order valence-electron chi connectivity index (χ2n) is 15.8. The number of phenolic OH excluding ortho intramolecular Hbond substituents is 1. The van der Waals surface area contributed by atoms with Gasteiger partial charge < -0.3 is 5.11 Å². The predicted octanol–water partition coefficient (Wildman–Crippen LogP) is 12.2. The van der Waals surface area contributed by atoms with E-state index in [1.807, 2.05) is 30.5 Å². The third kappa shape index (κ3) is 6.33. The second-order valence-corrected chi connectivity index (χ2v) is 15.8. The minimum Gasteiger partial charge on any atom is -0.507 e. The van der Waals surface area contributed by atoms with Crippen LogP contribution in [0.3, 0.4) is 0 Å². The number of imidazole rings is 2. The summed E-state index contributed by atoms with van der Waals surface area (Å²) in [4.78, 5) is 10.6. The largest absolute Gasteiger partial charge is 0.507 e. The molecule has 0 aliphatic carbocycles. The summed E-state index contributed by atoms with van der Waals surface area (Å²) in [5.74, 6) is 1.99. The van der Waals surface area contributed by atoms with Gasteiger partial charge in [0.2, 0.25) is 0 Å². The molecule has 5 heteroatoms. The first kappa shape index (κ1) is 33.9. The van der Waals surface area contributed by atoms with Crippen molar-refractivity contribution in [2.24, 2.45) is 0 Å². The lowest BCUT2D eigenvalue weighted by atomic mass is 9.85. The molecule has 6 aromatic carbocycles. The van der Waals surface area contributed by atoms with Gasteiger partial charge in [-0.3, -0.25) is 9.13 Å². The number of phenols is 1. The van der Waals surface area contributed by atoms with E-state index >= 15 is 0 Å². The van der Waals surface area contributed by atoms with Gasteiger partial charge in [0.25, 0.3) is 0 Å². The average molecular weight is 693 g/mol. The SMILES string of the molecule is CC(C)(C)c1ccc(-n2cc(-c3ccccc3O)nc2-c2cccc(-c3cccc4c3nc(C(C)(C)C)n4-c3ccccc3)c2)c(-c2ccccc2)c1. The fraction of sp³-hybridized carbons (Fsp3) is 0.167. The lowest BCUT2D eigenvalue weighted by Gasteiger charge is -2.22. The van der Waals surface area contributed by atoms with Crippen molar-refractivity contribution in [2.45, 2.75) is 52.4 Å². The quantitative estimate of drug-likeness (QED) is 0.189. The predicted molar refractivity (Wildman–Crippen MR) is 219 cm³/mol. The molecule has 0 unspecified atom stereocenters. The molecule has 1 N–H and O–H groups in total. The molecule has 0 amide bonds. The van der Waals surface area contributed by atoms with Crippen LogP contribution in [0.25, 0.3) is 67.3 Å². The Bertz CT molecular complexity index is 2580. The number of aromatic nitrogens is 4. The van der Waals surface area contributed by atoms with E-state index in [-0.39, 0.29) is 16.6 Å². The fourth-order valence-electron chi connectivity index (χ4n) is 7.15. The van der Waals surface area contributed by atoms with Crippen LogP contribution in [-0.2, 0) is 10.8 Å². The molecule has 5 nitrogen and oxygen atoms in total. The summed E-state index contributed by atoms with van der Waals surface area (Å²) in [6.07, 6.45) is 2.05. The molecule has 0 saturated heterocycles. The highest BCUT2D eigenvalue weighted by atomic mass is 16.3. The lowest BCUT2D eigenvalue weighted by molar-refractivity contribution is 0.477. The molecule has 262 valence electrons. The highest BCUT2D eigenvalue weighted by molar-refractivity contribution is 5.94. The maximum absolute atomic E-state index is 11.0. The van der Waals surface area contributed by atoms with E-state index in [0.717, 1.165) is 61.9 Å². The number of benzene rings is 6. The zero-order valence-corrected chi connectivity index (χ0v) is 31.2. The van der Waals surface area contributed by atoms with E-state index in [1.54, 1.807) is 6.07 Å². The first-order valence-electron chi connectivity index (χ1n) is 18.2. The molecule has 0 fully saturated rings. The summed E-state index contributed by atoms with van der Waals surface area (Å²) in [6.45, 7) is 13.4. The van der Waals surface area contributed by atoms with Crippen LogP contribution in [0.2, 0.25) is 0 Å². The summed E-state index contributed by atoms with van der Waals surface area (Å²) in [6, 6.07) is 50.2. The first-order valence-corrected chi connectivity index (χ1v) is 18.2. The number of hydrogen-bond acceptors (Lipinski definition) is 3. The summed E-state index contributed by atoms with van der Waals surface area (Å²) < 4.78 is 4.47. The summed E-state index contributed by atoms with van der Waals surface area (Å²) in [5.41, 5.74) is 11.9. The van der Waals surface area contributed by atoms with Gasteiger partial charge >= 0.3 is 0 Å². The molecule has 0 bridgehead atoms. The van der Waals surface area contributed by atoms with E-state index in [1.165, 1.54) is 5.56 Å². The molecule has 8 rings (SSSR count). The van der Waals surface area contributed by atoms with Crippen LogP contribution in [0, 0.1) is 0 Å². The van der Waals surface area contributed by atoms with Gasteiger partial charge in [0.15, 0.2) is 0 Å². The lowest BCUT2D eigenvalue weighted by Crippen LogP contribution is -2.18. The highest BCUT2D eigenvalue weighted by Crippen LogP contribution is 2.40. The number of para-hydroxylation sites is 3. The van der Waals surface area contributed by atoms with Gasteiger partial charge in [0.1, 0.15) is 17.4 Å². The number of fused-ring (bicyclic) bond motifs is 1. The van der Waals surface area contributed by atoms with Crippen LogP contribution in [-0.4, -0.2) is 24.2 Å². The van der Waals surface area contributed by atoms with Crippen molar-refractivity contribution in [2.75, 3.05) is 0 Å². The van der Waals surface area contributed by atoms with E-state index in [9.17, 15) is 5.11 Å². The Morgan fingerprint density at radius 3 is 1.89 bits per heavy atom. The van der Waals surface area contributed by atoms with Crippen molar-refractivity contribution in [1.82, 2.24) is 19.1 Å². The molecule has 0 aliphatic heterocycles. The molecule has 0 aliphatic rings. The first-order chi connectivity index (χ1) is 25.5. The Hall–Kier alpha value is -6.20. The molecule has 2 heterocycles. The fourth-order valence-corrected chi connectivity index (χ4v) is 7.15. The Morgan fingerprint density at radius 2 is 1.17 bits per heavy atom. The van der Waals surface area contributed by atoms with Crippen LogP contribution in [0.15, 0.2) is 152 Å². The molecule has 8 aromatic rings. The molecular weight excluding hydrogens is 649 g/mol. The third-order valence-corrected chi connectivity index (χ3v) is 9.89. The smallest absolute Gasteiger partial charge is 0.145 e. The number of aromatic hydroxyl groups is 1. The van der Waals surface area contributed by atoms with E-state index in [4.69, 9.17) is 9.97 Å². The Balaban J connectivity index is 1.35. The summed E-state index contributed by atoms with van der Waals surface area (Å²) in [5, 5.41) is 11.0. The topological polar surface area (TPSA) is 55.9 Å². The van der Waals surface area contributed by atoms with Gasteiger partial charge in [-0.1, -0.05) is 139 Å². The number of nitrogens with zero attached hydrogens (tertiary/aromatic N) is 4. The van der Waals surface area contributed by atoms with Gasteiger partial charge in [0.05, 0.1) is 22.4 Å². The minimum atomic E-state index is -0.183. The third-order valence-electron chi connectivity index (χ3n) is 9.89. The monoisotopic (exact) mass is 692 g/mol. The van der Waals surface area contributed by atoms with Gasteiger partial charge in [-0.2, -0.15) is 0 Å². The molecule has 2 aromatic heterocycles. The van der Waals surface area contributed by atoms with Gasteiger partial charge in [-0.15, -0.1) is 0 Å². The Labute approximate surface area is 311 Å². The zero-order valence-electron chi connectivity index (χ0n) is 31.2. The van der Waals surface area contributed by atoms with E-state index < -0.39 is 0 Å². The van der Waals surface area contributed by atoms with Crippen molar-refractivity contribution in [1.29, 1.82) is 0 Å². The van der Waals surface area contributed by atoms with Crippen molar-refractivity contribution >= 4 is 11.0 Å². The van der Waals surface area contributed by atoms with Crippen molar-refractivity contribution in [3.05, 3.63) is 163 Å². The van der Waals surface area contributed by atoms with Gasteiger partial charge in [-0.25, -0.2) is 9.97 Å². The minimum absolute atomic E-state index is 0.0312. The van der Waals surface area contributed by atoms with E-state index in [0.29, 0.717) is 11.3 Å². The standard InChI is InChI=1S/C48H44N4O/c1-47(2,3)35-27-28-41(39(30-35)32-17-9-7-10-18-32)51-31-40(38-23-13-14-26-43(38)53)49-45(51)34-20-15-19-33(29-34)37-24-16-25-42-44(37)50-46(48(4,5)6)52(42)36-21-11-8-12-22-36/h7-31,53H,1-6H3. The number of rotatable bonds is 6. The highest BCUT2D eigenvalue weighted by Gasteiger charge is 2.26. The normalized spacial score (nSPS) is 12.0. The summed E-state index contributed by atoms with van der Waals surface area (Å²) in [7, 11) is 0. The van der Waals surface area contributed by atoms with Crippen LogP contribution in [0.5, 0.6) is 5.75 Å². The van der Waals surface area contributed by atoms with Crippen LogP contribution in [0.4, 0.5) is 0 Å². The molecule has 0 atom stereocenters. The average Bonchev–Trinajstić information content (AvgIpc) is 3.78. The maximum atomic E-state index is 11.0. The maximum Gasteiger partial charge on any atom is 0.145 e. The molecular formula is C48H44N4O. The molecule has 0 spiro atoms. The number of hydrogen-bond donors (Lipinski definition) is 1. The Kier molecular flexibility index (Phi) is 8.38. The van der Waals surface area contributed by atoms with Crippen molar-refractivity contribution < 1.29 is 5.11 Å². The molecule has 0 saturated carbocycles. The zero-order chi connectivity index (χ0) is 36.9. The van der Waals surface area contributed by atoms with Gasteiger partial charge in [0, 0.05) is 39.6 Å². The molecule has 53 heavy (non-hydrogen) atoms. The molecule has 0 radical (unpaired) electrons. The summed E-state index contributed by atoms with van der Waals surface area (Å²) >= 11 is 0. The Morgan fingerprint density at radius 1 is 0.528 bits per heavy atom. The van der Waals surface area contributed by atoms with E-state index in [2.05, 4.69) is 166 Å². The van der Waals surface area contributed by atoms with Crippen molar-refractivity contribution in [3.63, 3.8) is 0 Å². The van der Waals surface area contributed by atoms with Crippen LogP contribution in [0.1, 0.15) is 52.9 Å². The van der Waals surface area contributed by atoms with Crippen LogP contribution >= 0.6 is 0 Å². The second kappa shape index (κ2) is 13.1. The van der Waals surface area contributed by atoms with Crippen LogP contribution < -0.4 is 0 Å².